The third-order valence-electron chi connectivity index (χ3n) is 3.44. The summed E-state index contributed by atoms with van der Waals surface area (Å²) in [5.41, 5.74) is 4.01. The molecular formula is C18H20BrN3O3. The van der Waals surface area contributed by atoms with Gasteiger partial charge in [-0.15, -0.1) is 0 Å². The topological polar surface area (TPSA) is 72.0 Å². The molecule has 2 rings (SSSR count). The molecule has 2 N–H and O–H groups in total. The fourth-order valence-corrected chi connectivity index (χ4v) is 2.51. The number of halogens is 1. The number of anilines is 1. The highest BCUT2D eigenvalue weighted by atomic mass is 79.9. The maximum absolute atomic E-state index is 12.2. The van der Waals surface area contributed by atoms with E-state index in [1.807, 2.05) is 42.5 Å². The van der Waals surface area contributed by atoms with Crippen LogP contribution in [-0.2, 0) is 4.79 Å². The van der Waals surface area contributed by atoms with Crippen LogP contribution in [-0.4, -0.2) is 32.4 Å². The summed E-state index contributed by atoms with van der Waals surface area (Å²) in [6, 6.07) is 12.5. The summed E-state index contributed by atoms with van der Waals surface area (Å²) in [6.45, 7) is 1.75. The molecule has 0 spiro atoms. The van der Waals surface area contributed by atoms with Crippen molar-refractivity contribution in [3.05, 3.63) is 52.5 Å². The predicted molar refractivity (Wildman–Crippen MR) is 103 cm³/mol. The summed E-state index contributed by atoms with van der Waals surface area (Å²) < 4.78 is 11.4. The second kappa shape index (κ2) is 9.08. The molecule has 1 amide bonds. The molecule has 25 heavy (non-hydrogen) atoms. The molecule has 132 valence electrons. The van der Waals surface area contributed by atoms with Gasteiger partial charge >= 0.3 is 0 Å². The molecule has 0 bridgehead atoms. The molecule has 0 aliphatic heterocycles. The van der Waals surface area contributed by atoms with Crippen molar-refractivity contribution in [2.24, 2.45) is 5.10 Å². The van der Waals surface area contributed by atoms with Gasteiger partial charge in [-0.1, -0.05) is 28.1 Å². The lowest BCUT2D eigenvalue weighted by atomic mass is 10.2. The number of hydrogen-bond acceptors (Lipinski definition) is 5. The largest absolute Gasteiger partial charge is 0.496 e. The number of nitrogens with one attached hydrogen (secondary N) is 2. The van der Waals surface area contributed by atoms with Gasteiger partial charge < -0.3 is 14.8 Å². The van der Waals surface area contributed by atoms with Crippen molar-refractivity contribution in [1.29, 1.82) is 0 Å². The van der Waals surface area contributed by atoms with Crippen LogP contribution in [0.5, 0.6) is 11.5 Å². The number of ether oxygens (including phenoxy) is 2. The summed E-state index contributed by atoms with van der Waals surface area (Å²) in [5.74, 6) is 1.07. The molecule has 1 atom stereocenters. The van der Waals surface area contributed by atoms with Crippen LogP contribution in [0.25, 0.3) is 0 Å². The zero-order valence-corrected chi connectivity index (χ0v) is 15.8. The molecule has 0 aliphatic rings. The second-order valence-electron chi connectivity index (χ2n) is 5.19. The highest BCUT2D eigenvalue weighted by molar-refractivity contribution is 9.10. The molecule has 1 unspecified atom stereocenters. The van der Waals surface area contributed by atoms with Crippen LogP contribution < -0.4 is 20.2 Å². The summed E-state index contributed by atoms with van der Waals surface area (Å²) in [5, 5.41) is 7.10. The first-order chi connectivity index (χ1) is 12.0. The van der Waals surface area contributed by atoms with Crippen molar-refractivity contribution in [3.8, 4) is 11.5 Å². The second-order valence-corrected chi connectivity index (χ2v) is 6.10. The van der Waals surface area contributed by atoms with Gasteiger partial charge in [-0.05, 0) is 37.3 Å². The van der Waals surface area contributed by atoms with E-state index in [0.29, 0.717) is 11.5 Å². The van der Waals surface area contributed by atoms with Crippen molar-refractivity contribution < 1.29 is 14.3 Å². The molecule has 7 heteroatoms. The Morgan fingerprint density at radius 2 is 1.88 bits per heavy atom. The average Bonchev–Trinajstić information content (AvgIpc) is 2.62. The van der Waals surface area contributed by atoms with Crippen LogP contribution in [0.15, 0.2) is 52.0 Å². The van der Waals surface area contributed by atoms with Crippen molar-refractivity contribution in [1.82, 2.24) is 5.43 Å². The van der Waals surface area contributed by atoms with E-state index in [9.17, 15) is 4.79 Å². The maximum atomic E-state index is 12.2. The Morgan fingerprint density at radius 1 is 1.16 bits per heavy atom. The number of benzene rings is 2. The number of nitrogens with zero attached hydrogens (tertiary/aromatic N) is 1. The Balaban J connectivity index is 1.99. The first-order valence-electron chi connectivity index (χ1n) is 7.61. The Labute approximate surface area is 155 Å². The number of hydrazone groups is 1. The zero-order chi connectivity index (χ0) is 18.2. The Hall–Kier alpha value is -2.54. The third kappa shape index (κ3) is 5.22. The first kappa shape index (κ1) is 18.8. The lowest BCUT2D eigenvalue weighted by molar-refractivity contribution is -0.121. The zero-order valence-electron chi connectivity index (χ0n) is 14.2. The van der Waals surface area contributed by atoms with Crippen molar-refractivity contribution in [3.63, 3.8) is 0 Å². The minimum Gasteiger partial charge on any atom is -0.496 e. The van der Waals surface area contributed by atoms with E-state index >= 15 is 0 Å². The summed E-state index contributed by atoms with van der Waals surface area (Å²) in [4.78, 5) is 12.2. The third-order valence-corrected chi connectivity index (χ3v) is 3.94. The number of hydrogen-bond donors (Lipinski definition) is 2. The van der Waals surface area contributed by atoms with E-state index < -0.39 is 6.04 Å². The van der Waals surface area contributed by atoms with Gasteiger partial charge in [0.25, 0.3) is 5.91 Å². The summed E-state index contributed by atoms with van der Waals surface area (Å²) in [7, 11) is 3.17. The number of carbonyl (C=O) groups excluding carboxylic acids is 1. The number of para-hydroxylation sites is 2. The molecule has 0 saturated carbocycles. The monoisotopic (exact) mass is 405 g/mol. The number of amides is 1. The smallest absolute Gasteiger partial charge is 0.262 e. The fraction of sp³-hybridized carbons (Fsp3) is 0.222. The predicted octanol–water partition coefficient (Wildman–Crippen LogP) is 3.42. The van der Waals surface area contributed by atoms with Crippen molar-refractivity contribution in [2.45, 2.75) is 13.0 Å². The molecule has 6 nitrogen and oxygen atoms in total. The molecule has 2 aromatic rings. The molecule has 0 fully saturated rings. The summed E-state index contributed by atoms with van der Waals surface area (Å²) in [6.07, 6.45) is 1.54. The summed E-state index contributed by atoms with van der Waals surface area (Å²) >= 11 is 3.39. The lowest BCUT2D eigenvalue weighted by Crippen LogP contribution is -2.35. The van der Waals surface area contributed by atoms with Crippen LogP contribution in [0.2, 0.25) is 0 Å². The molecular weight excluding hydrogens is 386 g/mol. The van der Waals surface area contributed by atoms with Crippen LogP contribution in [0, 0.1) is 0 Å². The highest BCUT2D eigenvalue weighted by Gasteiger charge is 2.13. The van der Waals surface area contributed by atoms with Crippen LogP contribution in [0.1, 0.15) is 12.5 Å². The maximum Gasteiger partial charge on any atom is 0.262 e. The van der Waals surface area contributed by atoms with Crippen molar-refractivity contribution in [2.75, 3.05) is 19.5 Å². The van der Waals surface area contributed by atoms with E-state index in [0.717, 1.165) is 15.7 Å². The van der Waals surface area contributed by atoms with E-state index in [-0.39, 0.29) is 5.91 Å². The number of methoxy groups -OCH3 is 2. The van der Waals surface area contributed by atoms with Gasteiger partial charge in [0.1, 0.15) is 17.5 Å². The van der Waals surface area contributed by atoms with Gasteiger partial charge in [0, 0.05) is 10.0 Å². The molecule has 0 radical (unpaired) electrons. The minimum atomic E-state index is -0.488. The Morgan fingerprint density at radius 3 is 2.60 bits per heavy atom. The lowest BCUT2D eigenvalue weighted by Gasteiger charge is -2.15. The number of rotatable bonds is 7. The van der Waals surface area contributed by atoms with Crippen LogP contribution >= 0.6 is 15.9 Å². The molecule has 0 aliphatic carbocycles. The van der Waals surface area contributed by atoms with Gasteiger partial charge in [0.05, 0.1) is 26.1 Å². The molecule has 0 saturated heterocycles. The number of carbonyl (C=O) groups is 1. The van der Waals surface area contributed by atoms with Crippen molar-refractivity contribution >= 4 is 33.7 Å². The highest BCUT2D eigenvalue weighted by Crippen LogP contribution is 2.24. The quantitative estimate of drug-likeness (QED) is 0.546. The van der Waals surface area contributed by atoms with E-state index in [4.69, 9.17) is 9.47 Å². The van der Waals surface area contributed by atoms with E-state index in [1.165, 1.54) is 6.21 Å². The SMILES string of the molecule is COc1ccc(Br)cc1/C=N/NC(=O)C(C)Nc1ccccc1OC. The van der Waals surface area contributed by atoms with Gasteiger partial charge in [0.2, 0.25) is 0 Å². The van der Waals surface area contributed by atoms with Crippen LogP contribution in [0.3, 0.4) is 0 Å². The van der Waals surface area contributed by atoms with Gasteiger partial charge in [-0.2, -0.15) is 5.10 Å². The van der Waals surface area contributed by atoms with Crippen LogP contribution in [0.4, 0.5) is 5.69 Å². The molecule has 2 aromatic carbocycles. The Bertz CT molecular complexity index is 765. The average molecular weight is 406 g/mol. The van der Waals surface area contributed by atoms with Gasteiger partial charge in [0.15, 0.2) is 0 Å². The fourth-order valence-electron chi connectivity index (χ4n) is 2.13. The Kier molecular flexibility index (Phi) is 6.82. The van der Waals surface area contributed by atoms with Gasteiger partial charge in [-0.3, -0.25) is 4.79 Å². The standard InChI is InChI=1S/C18H20BrN3O3/c1-12(21-15-6-4-5-7-17(15)25-3)18(23)22-20-11-13-10-14(19)8-9-16(13)24-2/h4-12,21H,1-3H3,(H,22,23)/b20-11+. The normalized spacial score (nSPS) is 11.8. The van der Waals surface area contributed by atoms with Gasteiger partial charge in [-0.25, -0.2) is 5.43 Å². The minimum absolute atomic E-state index is 0.267. The molecule has 0 aromatic heterocycles. The first-order valence-corrected chi connectivity index (χ1v) is 8.40. The van der Waals surface area contributed by atoms with E-state index in [2.05, 4.69) is 31.8 Å². The molecule has 0 heterocycles. The van der Waals surface area contributed by atoms with E-state index in [1.54, 1.807) is 21.1 Å².